The van der Waals surface area contributed by atoms with Crippen molar-refractivity contribution in [3.63, 3.8) is 0 Å². The molecule has 0 amide bonds. The van der Waals surface area contributed by atoms with Gasteiger partial charge in [-0.05, 0) is 36.8 Å². The van der Waals surface area contributed by atoms with Crippen LogP contribution in [-0.4, -0.2) is 8.42 Å². The van der Waals surface area contributed by atoms with Gasteiger partial charge in [-0.15, -0.1) is 0 Å². The van der Waals surface area contributed by atoms with Crippen molar-refractivity contribution in [3.05, 3.63) is 58.9 Å². The number of benzene rings is 2. The smallest absolute Gasteiger partial charge is 0.244 e. The van der Waals surface area contributed by atoms with Crippen LogP contribution >= 0.6 is 11.6 Å². The summed E-state index contributed by atoms with van der Waals surface area (Å²) in [5.74, 6) is -0.858. The molecule has 0 bridgehead atoms. The zero-order chi connectivity index (χ0) is 15.6. The van der Waals surface area contributed by atoms with Crippen LogP contribution in [0.15, 0.2) is 47.4 Å². The first kappa shape index (κ1) is 15.8. The summed E-state index contributed by atoms with van der Waals surface area (Å²) in [7, 11) is -4.04. The number of rotatable bonds is 4. The average molecular weight is 329 g/mol. The Balaban J connectivity index is 2.34. The van der Waals surface area contributed by atoms with E-state index in [0.717, 1.165) is 12.1 Å². The Hall–Kier alpha value is -1.63. The highest BCUT2D eigenvalue weighted by molar-refractivity contribution is 7.89. The predicted octanol–water partition coefficient (Wildman–Crippen LogP) is 3.10. The first-order valence-corrected chi connectivity index (χ1v) is 7.99. The third-order valence-corrected chi connectivity index (χ3v) is 4.85. The number of sulfonamides is 1. The van der Waals surface area contributed by atoms with Crippen LogP contribution in [0.4, 0.5) is 10.1 Å². The predicted molar refractivity (Wildman–Crippen MR) is 81.0 cm³/mol. The maximum absolute atomic E-state index is 13.7. The van der Waals surface area contributed by atoms with Crippen molar-refractivity contribution in [2.45, 2.75) is 17.9 Å². The highest BCUT2D eigenvalue weighted by Crippen LogP contribution is 2.25. The topological polar surface area (TPSA) is 72.2 Å². The summed E-state index contributed by atoms with van der Waals surface area (Å²) in [5.41, 5.74) is 6.28. The van der Waals surface area contributed by atoms with Crippen molar-refractivity contribution >= 4 is 27.3 Å². The largest absolute Gasteiger partial charge is 0.399 e. The maximum atomic E-state index is 13.7. The molecule has 2 aromatic carbocycles. The van der Waals surface area contributed by atoms with Gasteiger partial charge in [0.05, 0.1) is 0 Å². The number of nitrogens with one attached hydrogen (secondary N) is 1. The molecule has 112 valence electrons. The number of hydrogen-bond acceptors (Lipinski definition) is 3. The molecule has 0 fully saturated rings. The van der Waals surface area contributed by atoms with Gasteiger partial charge in [-0.25, -0.2) is 17.5 Å². The zero-order valence-electron chi connectivity index (χ0n) is 11.2. The van der Waals surface area contributed by atoms with E-state index in [4.69, 9.17) is 17.3 Å². The van der Waals surface area contributed by atoms with Gasteiger partial charge in [-0.1, -0.05) is 29.8 Å². The third-order valence-electron chi connectivity index (χ3n) is 2.95. The van der Waals surface area contributed by atoms with Crippen molar-refractivity contribution in [1.29, 1.82) is 0 Å². The maximum Gasteiger partial charge on any atom is 0.244 e. The second kappa shape index (κ2) is 6.01. The second-order valence-electron chi connectivity index (χ2n) is 4.55. The van der Waals surface area contributed by atoms with Crippen molar-refractivity contribution in [2.24, 2.45) is 0 Å². The lowest BCUT2D eigenvalue weighted by molar-refractivity contribution is 0.547. The van der Waals surface area contributed by atoms with Crippen LogP contribution in [0.25, 0.3) is 0 Å². The molecule has 4 nitrogen and oxygen atoms in total. The number of nitrogen functional groups attached to an aromatic ring is 1. The van der Waals surface area contributed by atoms with Crippen LogP contribution in [0.5, 0.6) is 0 Å². The number of nitrogens with two attached hydrogens (primary N) is 1. The van der Waals surface area contributed by atoms with Gasteiger partial charge >= 0.3 is 0 Å². The van der Waals surface area contributed by atoms with Crippen LogP contribution in [0.3, 0.4) is 0 Å². The molecule has 1 unspecified atom stereocenters. The molecule has 0 aliphatic rings. The fraction of sp³-hybridized carbons (Fsp3) is 0.143. The van der Waals surface area contributed by atoms with Gasteiger partial charge in [0.15, 0.2) is 0 Å². The Morgan fingerprint density at radius 2 is 1.90 bits per heavy atom. The first-order chi connectivity index (χ1) is 9.81. The molecule has 3 N–H and O–H groups in total. The summed E-state index contributed by atoms with van der Waals surface area (Å²) in [6.07, 6.45) is 0. The van der Waals surface area contributed by atoms with E-state index >= 15 is 0 Å². The van der Waals surface area contributed by atoms with Crippen LogP contribution in [0.2, 0.25) is 5.02 Å². The molecule has 7 heteroatoms. The van der Waals surface area contributed by atoms with Gasteiger partial charge in [0.25, 0.3) is 0 Å². The van der Waals surface area contributed by atoms with Crippen LogP contribution in [0, 0.1) is 5.82 Å². The SMILES string of the molecule is CC(NS(=O)(=O)c1cc(N)ccc1F)c1ccccc1Cl. The lowest BCUT2D eigenvalue weighted by Crippen LogP contribution is -2.28. The van der Waals surface area contributed by atoms with E-state index in [2.05, 4.69) is 4.72 Å². The van der Waals surface area contributed by atoms with E-state index in [9.17, 15) is 12.8 Å². The normalized spacial score (nSPS) is 13.1. The Morgan fingerprint density at radius 3 is 2.57 bits per heavy atom. The van der Waals surface area contributed by atoms with Gasteiger partial charge in [-0.2, -0.15) is 0 Å². The minimum atomic E-state index is -4.04. The van der Waals surface area contributed by atoms with Gasteiger partial charge in [0.2, 0.25) is 10.0 Å². The van der Waals surface area contributed by atoms with Crippen molar-refractivity contribution < 1.29 is 12.8 Å². The summed E-state index contributed by atoms with van der Waals surface area (Å²) in [5, 5.41) is 0.431. The highest BCUT2D eigenvalue weighted by Gasteiger charge is 2.23. The fourth-order valence-corrected chi connectivity index (χ4v) is 3.55. The van der Waals surface area contributed by atoms with E-state index < -0.39 is 26.8 Å². The van der Waals surface area contributed by atoms with E-state index in [1.165, 1.54) is 6.07 Å². The molecule has 0 saturated heterocycles. The third kappa shape index (κ3) is 3.53. The van der Waals surface area contributed by atoms with Gasteiger partial charge in [0.1, 0.15) is 10.7 Å². The summed E-state index contributed by atoms with van der Waals surface area (Å²) in [4.78, 5) is -0.485. The van der Waals surface area contributed by atoms with Crippen molar-refractivity contribution in [2.75, 3.05) is 5.73 Å². The molecule has 0 heterocycles. The Labute approximate surface area is 127 Å². The van der Waals surface area contributed by atoms with Gasteiger partial charge in [0, 0.05) is 16.8 Å². The Kier molecular flexibility index (Phi) is 4.51. The number of halogens is 2. The fourth-order valence-electron chi connectivity index (χ4n) is 1.91. The number of hydrogen-bond donors (Lipinski definition) is 2. The molecule has 0 aromatic heterocycles. The van der Waals surface area contributed by atoms with E-state index in [0.29, 0.717) is 10.6 Å². The first-order valence-electron chi connectivity index (χ1n) is 6.13. The number of anilines is 1. The van der Waals surface area contributed by atoms with Crippen LogP contribution in [-0.2, 0) is 10.0 Å². The molecule has 0 spiro atoms. The molecule has 1 atom stereocenters. The summed E-state index contributed by atoms with van der Waals surface area (Å²) in [6, 6.07) is 9.63. The van der Waals surface area contributed by atoms with Crippen LogP contribution < -0.4 is 10.5 Å². The molecule has 0 aliphatic heterocycles. The summed E-state index contributed by atoms with van der Waals surface area (Å²) >= 11 is 6.02. The quantitative estimate of drug-likeness (QED) is 0.847. The van der Waals surface area contributed by atoms with Crippen molar-refractivity contribution in [1.82, 2.24) is 4.72 Å². The lowest BCUT2D eigenvalue weighted by Gasteiger charge is -2.16. The molecule has 21 heavy (non-hydrogen) atoms. The molecule has 2 aromatic rings. The standard InChI is InChI=1S/C14H14ClFN2O2S/c1-9(11-4-2-3-5-12(11)15)18-21(19,20)14-8-10(17)6-7-13(14)16/h2-9,18H,17H2,1H3. The average Bonchev–Trinajstić information content (AvgIpc) is 2.41. The monoisotopic (exact) mass is 328 g/mol. The molecular weight excluding hydrogens is 315 g/mol. The van der Waals surface area contributed by atoms with E-state index in [-0.39, 0.29) is 5.69 Å². The Morgan fingerprint density at radius 1 is 1.24 bits per heavy atom. The minimum absolute atomic E-state index is 0.169. The summed E-state index contributed by atoms with van der Waals surface area (Å²) < 4.78 is 40.6. The molecular formula is C14H14ClFN2O2S. The molecule has 0 saturated carbocycles. The van der Waals surface area contributed by atoms with Crippen LogP contribution in [0.1, 0.15) is 18.5 Å². The Bertz CT molecular complexity index is 765. The molecule has 2 rings (SSSR count). The van der Waals surface area contributed by atoms with E-state index in [1.54, 1.807) is 31.2 Å². The molecule has 0 radical (unpaired) electrons. The lowest BCUT2D eigenvalue weighted by atomic mass is 10.1. The highest BCUT2D eigenvalue weighted by atomic mass is 35.5. The van der Waals surface area contributed by atoms with Gasteiger partial charge in [-0.3, -0.25) is 0 Å². The van der Waals surface area contributed by atoms with Gasteiger partial charge < -0.3 is 5.73 Å². The minimum Gasteiger partial charge on any atom is -0.399 e. The summed E-state index contributed by atoms with van der Waals surface area (Å²) in [6.45, 7) is 1.63. The second-order valence-corrected chi connectivity index (χ2v) is 6.64. The van der Waals surface area contributed by atoms with E-state index in [1.807, 2.05) is 0 Å². The molecule has 0 aliphatic carbocycles. The van der Waals surface area contributed by atoms with Crippen molar-refractivity contribution in [3.8, 4) is 0 Å². The zero-order valence-corrected chi connectivity index (χ0v) is 12.7.